The van der Waals surface area contributed by atoms with Crippen molar-refractivity contribution in [1.82, 2.24) is 4.98 Å². The Morgan fingerprint density at radius 1 is 1.18 bits per heavy atom. The summed E-state index contributed by atoms with van der Waals surface area (Å²) in [5.41, 5.74) is 9.03. The summed E-state index contributed by atoms with van der Waals surface area (Å²) in [5, 5.41) is 3.24. The van der Waals surface area contributed by atoms with Crippen LogP contribution in [0.3, 0.4) is 0 Å². The number of halogens is 1. The molecule has 1 heterocycles. The van der Waals surface area contributed by atoms with Gasteiger partial charge in [0.1, 0.15) is 11.6 Å². The van der Waals surface area contributed by atoms with E-state index in [0.717, 1.165) is 16.0 Å². The minimum Gasteiger partial charge on any atom is -0.384 e. The average molecular weight is 292 g/mol. The second kappa shape index (κ2) is 4.75. The van der Waals surface area contributed by atoms with Crippen LogP contribution in [0.25, 0.3) is 0 Å². The summed E-state index contributed by atoms with van der Waals surface area (Å²) in [4.78, 5) is 4.21. The van der Waals surface area contributed by atoms with Crippen molar-refractivity contribution in [1.29, 1.82) is 0 Å². The number of nitrogens with one attached hydrogen (secondary N) is 1. The summed E-state index contributed by atoms with van der Waals surface area (Å²) in [6.45, 7) is 4.13. The summed E-state index contributed by atoms with van der Waals surface area (Å²) >= 11 is 3.55. The number of pyridine rings is 1. The van der Waals surface area contributed by atoms with Crippen molar-refractivity contribution >= 4 is 33.3 Å². The third-order valence-electron chi connectivity index (χ3n) is 2.48. The lowest BCUT2D eigenvalue weighted by molar-refractivity contribution is 1.29. The first kappa shape index (κ1) is 11.9. The zero-order valence-corrected chi connectivity index (χ0v) is 11.4. The molecule has 0 spiro atoms. The number of nitrogen functional groups attached to an aromatic ring is 1. The van der Waals surface area contributed by atoms with Gasteiger partial charge in [-0.05, 0) is 49.2 Å². The van der Waals surface area contributed by atoms with E-state index in [1.807, 2.05) is 12.1 Å². The van der Waals surface area contributed by atoms with Crippen LogP contribution in [0.4, 0.5) is 17.3 Å². The molecule has 1 aromatic carbocycles. The maximum absolute atomic E-state index is 5.64. The average Bonchev–Trinajstić information content (AvgIpc) is 2.26. The van der Waals surface area contributed by atoms with E-state index in [0.29, 0.717) is 5.82 Å². The zero-order valence-electron chi connectivity index (χ0n) is 9.79. The summed E-state index contributed by atoms with van der Waals surface area (Å²) in [6.07, 6.45) is 0. The maximum atomic E-state index is 5.64. The first-order valence-corrected chi connectivity index (χ1v) is 6.12. The van der Waals surface area contributed by atoms with Crippen LogP contribution in [-0.2, 0) is 0 Å². The highest BCUT2D eigenvalue weighted by molar-refractivity contribution is 9.10. The fraction of sp³-hybridized carbons (Fsp3) is 0.154. The van der Waals surface area contributed by atoms with Gasteiger partial charge in [-0.15, -0.1) is 0 Å². The highest BCUT2D eigenvalue weighted by Crippen LogP contribution is 2.26. The number of aryl methyl sites for hydroxylation is 2. The molecule has 0 saturated carbocycles. The molecule has 0 atom stereocenters. The van der Waals surface area contributed by atoms with Crippen molar-refractivity contribution < 1.29 is 0 Å². The second-order valence-corrected chi connectivity index (χ2v) is 4.79. The van der Waals surface area contributed by atoms with Crippen LogP contribution < -0.4 is 11.1 Å². The molecule has 2 aromatic rings. The number of benzene rings is 1. The molecule has 3 N–H and O–H groups in total. The molecule has 4 heteroatoms. The highest BCUT2D eigenvalue weighted by Gasteiger charge is 2.03. The molecule has 88 valence electrons. The Hall–Kier alpha value is -1.55. The van der Waals surface area contributed by atoms with Crippen LogP contribution in [0.15, 0.2) is 34.8 Å². The zero-order chi connectivity index (χ0) is 12.4. The molecule has 0 saturated heterocycles. The fourth-order valence-electron chi connectivity index (χ4n) is 1.69. The molecule has 0 bridgehead atoms. The third-order valence-corrected chi connectivity index (χ3v) is 3.73. The van der Waals surface area contributed by atoms with E-state index in [-0.39, 0.29) is 0 Å². The lowest BCUT2D eigenvalue weighted by atomic mass is 10.1. The molecule has 0 aliphatic carbocycles. The van der Waals surface area contributed by atoms with E-state index in [9.17, 15) is 0 Å². The predicted octanol–water partition coefficient (Wildman–Crippen LogP) is 3.79. The van der Waals surface area contributed by atoms with Crippen LogP contribution >= 0.6 is 15.9 Å². The first-order chi connectivity index (χ1) is 8.06. The Balaban J connectivity index is 2.31. The van der Waals surface area contributed by atoms with E-state index in [1.165, 1.54) is 11.1 Å². The topological polar surface area (TPSA) is 50.9 Å². The molecular weight excluding hydrogens is 278 g/mol. The number of rotatable bonds is 2. The van der Waals surface area contributed by atoms with Gasteiger partial charge in [0.05, 0.1) is 0 Å². The molecule has 0 radical (unpaired) electrons. The molecule has 3 nitrogen and oxygen atoms in total. The number of hydrogen-bond acceptors (Lipinski definition) is 3. The Bertz CT molecular complexity index is 529. The van der Waals surface area contributed by atoms with Gasteiger partial charge in [-0.2, -0.15) is 0 Å². The molecule has 0 amide bonds. The molecule has 2 rings (SSSR count). The lowest BCUT2D eigenvalue weighted by Crippen LogP contribution is -1.97. The lowest BCUT2D eigenvalue weighted by Gasteiger charge is -2.10. The molecule has 17 heavy (non-hydrogen) atoms. The Morgan fingerprint density at radius 2 is 1.82 bits per heavy atom. The van der Waals surface area contributed by atoms with Gasteiger partial charge in [-0.1, -0.05) is 22.0 Å². The van der Waals surface area contributed by atoms with Gasteiger partial charge >= 0.3 is 0 Å². The van der Waals surface area contributed by atoms with Crippen LogP contribution in [0.1, 0.15) is 11.1 Å². The highest BCUT2D eigenvalue weighted by atomic mass is 79.9. The Morgan fingerprint density at radius 3 is 2.41 bits per heavy atom. The molecule has 0 unspecified atom stereocenters. The molecule has 1 aromatic heterocycles. The fourth-order valence-corrected chi connectivity index (χ4v) is 1.92. The minimum atomic E-state index is 0.514. The largest absolute Gasteiger partial charge is 0.384 e. The Labute approximate surface area is 109 Å². The van der Waals surface area contributed by atoms with Gasteiger partial charge in [-0.25, -0.2) is 4.98 Å². The number of nitrogens with zero attached hydrogens (tertiary/aromatic N) is 1. The van der Waals surface area contributed by atoms with Crippen molar-refractivity contribution in [2.45, 2.75) is 13.8 Å². The van der Waals surface area contributed by atoms with Crippen molar-refractivity contribution in [3.05, 3.63) is 45.9 Å². The molecule has 0 aliphatic heterocycles. The van der Waals surface area contributed by atoms with Gasteiger partial charge in [0.2, 0.25) is 0 Å². The van der Waals surface area contributed by atoms with E-state index in [2.05, 4.69) is 52.2 Å². The Kier molecular flexibility index (Phi) is 3.33. The summed E-state index contributed by atoms with van der Waals surface area (Å²) < 4.78 is 1.14. The van der Waals surface area contributed by atoms with Crippen molar-refractivity contribution in [2.75, 3.05) is 11.1 Å². The monoisotopic (exact) mass is 291 g/mol. The van der Waals surface area contributed by atoms with Crippen molar-refractivity contribution in [3.63, 3.8) is 0 Å². The van der Waals surface area contributed by atoms with E-state index < -0.39 is 0 Å². The van der Waals surface area contributed by atoms with Gasteiger partial charge < -0.3 is 11.1 Å². The summed E-state index contributed by atoms with van der Waals surface area (Å²) in [7, 11) is 0. The van der Waals surface area contributed by atoms with Gasteiger partial charge in [0.15, 0.2) is 0 Å². The van der Waals surface area contributed by atoms with Gasteiger partial charge in [-0.3, -0.25) is 0 Å². The number of hydrogen-bond donors (Lipinski definition) is 2. The van der Waals surface area contributed by atoms with Crippen LogP contribution in [0.5, 0.6) is 0 Å². The molecular formula is C13H14BrN3. The van der Waals surface area contributed by atoms with E-state index in [1.54, 1.807) is 6.07 Å². The number of aromatic nitrogens is 1. The van der Waals surface area contributed by atoms with Crippen LogP contribution in [0.2, 0.25) is 0 Å². The van der Waals surface area contributed by atoms with Crippen LogP contribution in [-0.4, -0.2) is 4.98 Å². The summed E-state index contributed by atoms with van der Waals surface area (Å²) in [6, 6.07) is 9.68. The summed E-state index contributed by atoms with van der Waals surface area (Å²) in [5.74, 6) is 1.27. The van der Waals surface area contributed by atoms with E-state index in [4.69, 9.17) is 5.73 Å². The van der Waals surface area contributed by atoms with Gasteiger partial charge in [0.25, 0.3) is 0 Å². The first-order valence-electron chi connectivity index (χ1n) is 5.32. The van der Waals surface area contributed by atoms with Crippen molar-refractivity contribution in [2.24, 2.45) is 0 Å². The predicted molar refractivity (Wildman–Crippen MR) is 75.5 cm³/mol. The normalized spacial score (nSPS) is 10.3. The minimum absolute atomic E-state index is 0.514. The standard InChI is InChI=1S/C13H14BrN3/c1-8-6-10(7-9(2)13(8)14)16-12-5-3-4-11(15)17-12/h3-7H,1-2H3,(H3,15,16,17). The molecule has 0 fully saturated rings. The van der Waals surface area contributed by atoms with Crippen LogP contribution in [0, 0.1) is 13.8 Å². The van der Waals surface area contributed by atoms with Gasteiger partial charge in [0, 0.05) is 10.2 Å². The SMILES string of the molecule is Cc1cc(Nc2cccc(N)n2)cc(C)c1Br. The van der Waals surface area contributed by atoms with Crippen molar-refractivity contribution in [3.8, 4) is 0 Å². The molecule has 0 aliphatic rings. The number of anilines is 3. The quantitative estimate of drug-likeness (QED) is 0.885. The van der Waals surface area contributed by atoms with E-state index >= 15 is 0 Å². The smallest absolute Gasteiger partial charge is 0.132 e. The second-order valence-electron chi connectivity index (χ2n) is 4.00. The number of nitrogens with two attached hydrogens (primary N) is 1. The maximum Gasteiger partial charge on any atom is 0.132 e. The third kappa shape index (κ3) is 2.77.